The zero-order chi connectivity index (χ0) is 22.2. The molecule has 3 heterocycles. The first kappa shape index (κ1) is 20.4. The molecule has 3 N–H and O–H groups in total. The highest BCUT2D eigenvalue weighted by molar-refractivity contribution is 6.00. The summed E-state index contributed by atoms with van der Waals surface area (Å²) in [5, 5.41) is 3.57. The van der Waals surface area contributed by atoms with Gasteiger partial charge in [-0.15, -0.1) is 0 Å². The average Bonchev–Trinajstić information content (AvgIpc) is 3.36. The number of nitrogens with two attached hydrogens (primary N) is 1. The molecule has 3 aliphatic rings. The molecule has 2 bridgehead atoms. The lowest BCUT2D eigenvalue weighted by Gasteiger charge is -2.39. The predicted octanol–water partition coefficient (Wildman–Crippen LogP) is 3.54. The van der Waals surface area contributed by atoms with Crippen LogP contribution in [0, 0.1) is 5.82 Å². The average molecular weight is 432 g/mol. The van der Waals surface area contributed by atoms with Gasteiger partial charge in [0.2, 0.25) is 5.91 Å². The van der Waals surface area contributed by atoms with E-state index in [4.69, 9.17) is 5.73 Å². The van der Waals surface area contributed by atoms with Crippen molar-refractivity contribution in [1.29, 1.82) is 0 Å². The molecule has 0 unspecified atom stereocenters. The number of hydrogen-bond donors (Lipinski definition) is 2. The number of nitrogens with one attached hydrogen (secondary N) is 1. The van der Waals surface area contributed by atoms with Gasteiger partial charge in [-0.25, -0.2) is 4.39 Å². The van der Waals surface area contributed by atoms with Gasteiger partial charge in [0.05, 0.1) is 16.9 Å². The van der Waals surface area contributed by atoms with Gasteiger partial charge in [0.15, 0.2) is 0 Å². The second-order valence-corrected chi connectivity index (χ2v) is 8.71. The SMILES string of the molecule is NC(=O)c1cnc2c(c1NC1C[C@@H]3CC[C@@H](C1)N3C(=O)/C=C/c1ccc(F)cc1)C=CC2. The van der Waals surface area contributed by atoms with Crippen LogP contribution in [0.1, 0.15) is 52.9 Å². The minimum Gasteiger partial charge on any atom is -0.381 e. The van der Waals surface area contributed by atoms with Crippen LogP contribution >= 0.6 is 0 Å². The molecule has 0 radical (unpaired) electrons. The zero-order valence-corrected chi connectivity index (χ0v) is 17.6. The van der Waals surface area contributed by atoms with E-state index in [0.717, 1.165) is 54.6 Å². The number of aromatic nitrogens is 1. The lowest BCUT2D eigenvalue weighted by atomic mass is 9.95. The third-order valence-corrected chi connectivity index (χ3v) is 6.68. The Hall–Kier alpha value is -3.48. The Balaban J connectivity index is 1.30. The zero-order valence-electron chi connectivity index (χ0n) is 17.6. The third-order valence-electron chi connectivity index (χ3n) is 6.68. The molecular weight excluding hydrogens is 407 g/mol. The van der Waals surface area contributed by atoms with E-state index in [-0.39, 0.29) is 29.8 Å². The molecule has 1 aromatic heterocycles. The number of carbonyl (C=O) groups excluding carboxylic acids is 2. The van der Waals surface area contributed by atoms with Crippen LogP contribution in [-0.4, -0.2) is 39.8 Å². The smallest absolute Gasteiger partial charge is 0.252 e. The van der Waals surface area contributed by atoms with Crippen LogP contribution in [0.15, 0.2) is 42.6 Å². The van der Waals surface area contributed by atoms with Crippen molar-refractivity contribution in [3.05, 3.63) is 70.8 Å². The maximum absolute atomic E-state index is 13.1. The van der Waals surface area contributed by atoms with E-state index in [2.05, 4.69) is 10.3 Å². The Labute approximate surface area is 186 Å². The molecule has 2 amide bonds. The van der Waals surface area contributed by atoms with E-state index in [1.807, 2.05) is 17.1 Å². The number of pyridine rings is 1. The monoisotopic (exact) mass is 432 g/mol. The predicted molar refractivity (Wildman–Crippen MR) is 121 cm³/mol. The molecule has 2 saturated heterocycles. The van der Waals surface area contributed by atoms with Crippen molar-refractivity contribution in [2.75, 3.05) is 5.32 Å². The largest absolute Gasteiger partial charge is 0.381 e. The summed E-state index contributed by atoms with van der Waals surface area (Å²) in [7, 11) is 0. The first-order valence-corrected chi connectivity index (χ1v) is 11.0. The Kier molecular flexibility index (Phi) is 5.25. The Morgan fingerprint density at radius 2 is 1.88 bits per heavy atom. The molecule has 0 saturated carbocycles. The lowest BCUT2D eigenvalue weighted by molar-refractivity contribution is -0.130. The van der Waals surface area contributed by atoms with Crippen molar-refractivity contribution < 1.29 is 14.0 Å². The van der Waals surface area contributed by atoms with Crippen LogP contribution in [0.4, 0.5) is 10.1 Å². The van der Waals surface area contributed by atoms with Gasteiger partial charge < -0.3 is 16.0 Å². The molecule has 164 valence electrons. The van der Waals surface area contributed by atoms with E-state index in [1.165, 1.54) is 12.1 Å². The van der Waals surface area contributed by atoms with Gasteiger partial charge in [-0.05, 0) is 49.5 Å². The summed E-state index contributed by atoms with van der Waals surface area (Å²) < 4.78 is 13.1. The molecule has 1 aromatic carbocycles. The number of hydrogen-bond acceptors (Lipinski definition) is 4. The number of piperidine rings is 1. The minimum absolute atomic E-state index is 0.00849. The van der Waals surface area contributed by atoms with Gasteiger partial charge in [0.1, 0.15) is 5.82 Å². The summed E-state index contributed by atoms with van der Waals surface area (Å²) in [5.74, 6) is -0.800. The standard InChI is InChI=1S/C25H25FN4O2/c26-16-7-4-15(5-8-16)6-11-23(31)30-18-9-10-19(30)13-17(12-18)29-24-20-2-1-3-22(20)28-14-21(24)25(27)32/h1-2,4-8,11,14,17-19H,3,9-10,12-13H2,(H2,27,32)(H,28,29)/b11-6+/t18-,19-/m0/s1. The van der Waals surface area contributed by atoms with E-state index in [9.17, 15) is 14.0 Å². The van der Waals surface area contributed by atoms with Gasteiger partial charge in [0, 0.05) is 42.4 Å². The molecule has 1 aliphatic carbocycles. The highest BCUT2D eigenvalue weighted by Gasteiger charge is 2.42. The molecule has 2 aliphatic heterocycles. The maximum Gasteiger partial charge on any atom is 0.252 e. The molecule has 5 rings (SSSR count). The van der Waals surface area contributed by atoms with Gasteiger partial charge in [-0.3, -0.25) is 14.6 Å². The fourth-order valence-corrected chi connectivity index (χ4v) is 5.23. The fraction of sp³-hybridized carbons (Fsp3) is 0.320. The molecule has 6 nitrogen and oxygen atoms in total. The van der Waals surface area contributed by atoms with E-state index < -0.39 is 5.91 Å². The highest BCUT2D eigenvalue weighted by atomic mass is 19.1. The number of primary amides is 1. The number of carbonyl (C=O) groups is 2. The number of rotatable bonds is 5. The van der Waals surface area contributed by atoms with Crippen LogP contribution in [0.25, 0.3) is 12.2 Å². The van der Waals surface area contributed by atoms with Crippen LogP contribution in [0.5, 0.6) is 0 Å². The summed E-state index contributed by atoms with van der Waals surface area (Å²) in [4.78, 5) is 31.3. The Bertz CT molecular complexity index is 1110. The molecule has 0 spiro atoms. The van der Waals surface area contributed by atoms with Crippen LogP contribution < -0.4 is 11.1 Å². The molecule has 2 aromatic rings. The summed E-state index contributed by atoms with van der Waals surface area (Å²) in [5.41, 5.74) is 9.45. The summed E-state index contributed by atoms with van der Waals surface area (Å²) >= 11 is 0. The summed E-state index contributed by atoms with van der Waals surface area (Å²) in [6.07, 6.45) is 13.2. The van der Waals surface area contributed by atoms with Crippen molar-refractivity contribution >= 4 is 29.7 Å². The van der Waals surface area contributed by atoms with Crippen molar-refractivity contribution in [1.82, 2.24) is 9.88 Å². The number of nitrogens with zero attached hydrogens (tertiary/aromatic N) is 2. The fourth-order valence-electron chi connectivity index (χ4n) is 5.23. The van der Waals surface area contributed by atoms with Crippen molar-refractivity contribution in [3.8, 4) is 0 Å². The number of benzene rings is 1. The van der Waals surface area contributed by atoms with E-state index >= 15 is 0 Å². The molecular formula is C25H25FN4O2. The quantitative estimate of drug-likeness (QED) is 0.708. The van der Waals surface area contributed by atoms with Crippen LogP contribution in [0.3, 0.4) is 0 Å². The molecule has 2 fully saturated rings. The van der Waals surface area contributed by atoms with Gasteiger partial charge in [-0.2, -0.15) is 0 Å². The van der Waals surface area contributed by atoms with E-state index in [1.54, 1.807) is 30.5 Å². The second kappa shape index (κ2) is 8.22. The van der Waals surface area contributed by atoms with Gasteiger partial charge in [0.25, 0.3) is 5.91 Å². The second-order valence-electron chi connectivity index (χ2n) is 8.71. The van der Waals surface area contributed by atoms with Crippen LogP contribution in [0.2, 0.25) is 0 Å². The Morgan fingerprint density at radius 1 is 1.16 bits per heavy atom. The normalized spacial score (nSPS) is 23.5. The maximum atomic E-state index is 13.1. The Morgan fingerprint density at radius 3 is 2.56 bits per heavy atom. The van der Waals surface area contributed by atoms with Gasteiger partial charge >= 0.3 is 0 Å². The highest BCUT2D eigenvalue weighted by Crippen LogP contribution is 2.38. The topological polar surface area (TPSA) is 88.3 Å². The number of fused-ring (bicyclic) bond motifs is 3. The first-order valence-electron chi connectivity index (χ1n) is 11.0. The number of amides is 2. The summed E-state index contributed by atoms with van der Waals surface area (Å²) in [6.45, 7) is 0. The van der Waals surface area contributed by atoms with Gasteiger partial charge in [-0.1, -0.05) is 24.3 Å². The molecule has 2 atom stereocenters. The molecule has 7 heteroatoms. The van der Waals surface area contributed by atoms with Crippen molar-refractivity contribution in [2.45, 2.75) is 50.2 Å². The number of anilines is 1. The van der Waals surface area contributed by atoms with Crippen molar-refractivity contribution in [2.24, 2.45) is 5.73 Å². The van der Waals surface area contributed by atoms with Crippen molar-refractivity contribution in [3.63, 3.8) is 0 Å². The summed E-state index contributed by atoms with van der Waals surface area (Å²) in [6, 6.07) is 6.53. The minimum atomic E-state index is -0.496. The third kappa shape index (κ3) is 3.79. The van der Waals surface area contributed by atoms with E-state index in [0.29, 0.717) is 5.56 Å². The number of halogens is 1. The van der Waals surface area contributed by atoms with Crippen LogP contribution in [-0.2, 0) is 11.2 Å². The lowest BCUT2D eigenvalue weighted by Crippen LogP contribution is -2.49. The molecule has 32 heavy (non-hydrogen) atoms. The number of allylic oxidation sites excluding steroid dienone is 1. The first-order chi connectivity index (χ1) is 15.5.